The second kappa shape index (κ2) is 7.18. The predicted molar refractivity (Wildman–Crippen MR) is 109 cm³/mol. The molecule has 0 atom stereocenters. The van der Waals surface area contributed by atoms with Crippen LogP contribution < -0.4 is 10.9 Å². The molecule has 0 spiro atoms. The van der Waals surface area contributed by atoms with Gasteiger partial charge in [0.1, 0.15) is 5.65 Å². The first kappa shape index (κ1) is 18.9. The van der Waals surface area contributed by atoms with Crippen molar-refractivity contribution < 1.29 is 8.42 Å². The Kier molecular flexibility index (Phi) is 4.84. The molecular formula is C19H19ClN4O3S. The number of benzene rings is 1. The van der Waals surface area contributed by atoms with Gasteiger partial charge in [0, 0.05) is 40.1 Å². The summed E-state index contributed by atoms with van der Waals surface area (Å²) in [7, 11) is 1.61. The van der Waals surface area contributed by atoms with Gasteiger partial charge in [0.25, 0.3) is 14.6 Å². The molecule has 2 aromatic heterocycles. The third kappa shape index (κ3) is 3.62. The minimum absolute atomic E-state index is 0.0340. The average molecular weight is 419 g/mol. The van der Waals surface area contributed by atoms with Crippen molar-refractivity contribution in [2.75, 3.05) is 5.32 Å². The summed E-state index contributed by atoms with van der Waals surface area (Å²) in [5.41, 5.74) is 1.90. The van der Waals surface area contributed by atoms with Gasteiger partial charge in [0.2, 0.25) is 5.95 Å². The van der Waals surface area contributed by atoms with Crippen LogP contribution in [0, 0.1) is 6.92 Å². The van der Waals surface area contributed by atoms with E-state index in [1.165, 1.54) is 12.1 Å². The maximum atomic E-state index is 12.5. The Labute approximate surface area is 166 Å². The number of hydrogen-bond acceptors (Lipinski definition) is 6. The van der Waals surface area contributed by atoms with Gasteiger partial charge in [-0.1, -0.05) is 12.8 Å². The zero-order valence-corrected chi connectivity index (χ0v) is 16.8. The molecule has 146 valence electrons. The van der Waals surface area contributed by atoms with Crippen LogP contribution in [0.1, 0.15) is 37.3 Å². The third-order valence-corrected chi connectivity index (χ3v) is 6.43. The fourth-order valence-electron chi connectivity index (χ4n) is 3.66. The van der Waals surface area contributed by atoms with E-state index in [4.69, 9.17) is 10.7 Å². The fraction of sp³-hybridized carbons (Fsp3) is 0.316. The quantitative estimate of drug-likeness (QED) is 0.646. The molecule has 1 fully saturated rings. The van der Waals surface area contributed by atoms with E-state index in [0.29, 0.717) is 22.8 Å². The Morgan fingerprint density at radius 2 is 1.93 bits per heavy atom. The van der Waals surface area contributed by atoms with Gasteiger partial charge in [0.05, 0.1) is 4.90 Å². The summed E-state index contributed by atoms with van der Waals surface area (Å²) in [6, 6.07) is 7.99. The predicted octanol–water partition coefficient (Wildman–Crippen LogP) is 3.89. The van der Waals surface area contributed by atoms with Crippen LogP contribution in [-0.4, -0.2) is 23.0 Å². The van der Waals surface area contributed by atoms with Crippen molar-refractivity contribution in [1.82, 2.24) is 14.5 Å². The molecule has 2 heterocycles. The van der Waals surface area contributed by atoms with E-state index in [1.54, 1.807) is 35.9 Å². The standard InChI is InChI=1S/C19H19ClN4O3S/c1-12-10-15(28(20,26)27)7-8-16(12)22-19-21-11-13-6-9-17(25)24(18(13)23-19)14-4-2-3-5-14/h6-11,14H,2-5H2,1H3,(H,21,22,23). The summed E-state index contributed by atoms with van der Waals surface area (Å²) in [5.74, 6) is 0.342. The van der Waals surface area contributed by atoms with Gasteiger partial charge in [0.15, 0.2) is 0 Å². The van der Waals surface area contributed by atoms with Gasteiger partial charge >= 0.3 is 0 Å². The zero-order valence-electron chi connectivity index (χ0n) is 15.2. The summed E-state index contributed by atoms with van der Waals surface area (Å²) >= 11 is 0. The molecule has 28 heavy (non-hydrogen) atoms. The smallest absolute Gasteiger partial charge is 0.261 e. The molecule has 0 aliphatic heterocycles. The van der Waals surface area contributed by atoms with Crippen LogP contribution in [0.2, 0.25) is 0 Å². The van der Waals surface area contributed by atoms with Crippen LogP contribution in [0.25, 0.3) is 11.0 Å². The Morgan fingerprint density at radius 1 is 1.18 bits per heavy atom. The number of halogens is 1. The molecule has 0 radical (unpaired) electrons. The van der Waals surface area contributed by atoms with Crippen LogP contribution in [0.5, 0.6) is 0 Å². The van der Waals surface area contributed by atoms with Gasteiger partial charge in [-0.15, -0.1) is 0 Å². The van der Waals surface area contributed by atoms with Gasteiger partial charge in [-0.2, -0.15) is 4.98 Å². The van der Waals surface area contributed by atoms with E-state index in [1.807, 2.05) is 0 Å². The normalized spacial score (nSPS) is 15.2. The molecule has 1 aliphatic rings. The molecule has 4 rings (SSSR count). The van der Waals surface area contributed by atoms with Crippen LogP contribution in [-0.2, 0) is 9.05 Å². The molecule has 3 aromatic rings. The van der Waals surface area contributed by atoms with Crippen LogP contribution in [0.15, 0.2) is 46.2 Å². The molecule has 1 saturated carbocycles. The summed E-state index contributed by atoms with van der Waals surface area (Å²) in [6.07, 6.45) is 5.85. The molecule has 1 N–H and O–H groups in total. The SMILES string of the molecule is Cc1cc(S(=O)(=O)Cl)ccc1Nc1ncc2ccc(=O)n(C3CCCC3)c2n1. The summed E-state index contributed by atoms with van der Waals surface area (Å²) < 4.78 is 24.7. The van der Waals surface area contributed by atoms with Crippen molar-refractivity contribution in [3.05, 3.63) is 52.4 Å². The topological polar surface area (TPSA) is 94.0 Å². The Hall–Kier alpha value is -2.45. The fourth-order valence-corrected chi connectivity index (χ4v) is 4.50. The summed E-state index contributed by atoms with van der Waals surface area (Å²) in [5, 5.41) is 3.91. The van der Waals surface area contributed by atoms with Crippen molar-refractivity contribution in [2.45, 2.75) is 43.5 Å². The second-order valence-electron chi connectivity index (χ2n) is 6.99. The zero-order chi connectivity index (χ0) is 19.9. The number of aryl methyl sites for hydroxylation is 1. The minimum Gasteiger partial charge on any atom is -0.324 e. The molecule has 9 heteroatoms. The van der Waals surface area contributed by atoms with Gasteiger partial charge in [-0.25, -0.2) is 13.4 Å². The Balaban J connectivity index is 1.74. The lowest BCUT2D eigenvalue weighted by Crippen LogP contribution is -2.23. The van der Waals surface area contributed by atoms with E-state index in [0.717, 1.165) is 31.1 Å². The molecule has 1 aromatic carbocycles. The first-order valence-corrected chi connectivity index (χ1v) is 11.3. The minimum atomic E-state index is -3.79. The lowest BCUT2D eigenvalue weighted by molar-refractivity contribution is 0.516. The highest BCUT2D eigenvalue weighted by atomic mass is 35.7. The number of rotatable bonds is 4. The van der Waals surface area contributed by atoms with E-state index in [9.17, 15) is 13.2 Å². The highest BCUT2D eigenvalue weighted by molar-refractivity contribution is 8.13. The van der Waals surface area contributed by atoms with Gasteiger partial charge < -0.3 is 5.32 Å². The van der Waals surface area contributed by atoms with Crippen molar-refractivity contribution >= 4 is 42.4 Å². The number of nitrogens with zero attached hydrogens (tertiary/aromatic N) is 3. The molecular weight excluding hydrogens is 400 g/mol. The summed E-state index contributed by atoms with van der Waals surface area (Å²) in [4.78, 5) is 21.4. The molecule has 0 unspecified atom stereocenters. The number of hydrogen-bond donors (Lipinski definition) is 1. The monoisotopic (exact) mass is 418 g/mol. The van der Waals surface area contributed by atoms with Gasteiger partial charge in [-0.3, -0.25) is 9.36 Å². The van der Waals surface area contributed by atoms with E-state index < -0.39 is 9.05 Å². The Bertz CT molecular complexity index is 1220. The summed E-state index contributed by atoms with van der Waals surface area (Å²) in [6.45, 7) is 1.77. The lowest BCUT2D eigenvalue weighted by atomic mass is 10.2. The number of fused-ring (bicyclic) bond motifs is 1. The van der Waals surface area contributed by atoms with Crippen molar-refractivity contribution in [1.29, 1.82) is 0 Å². The third-order valence-electron chi connectivity index (χ3n) is 5.08. The van der Waals surface area contributed by atoms with E-state index in [-0.39, 0.29) is 16.5 Å². The highest BCUT2D eigenvalue weighted by Crippen LogP contribution is 2.30. The maximum Gasteiger partial charge on any atom is 0.261 e. The highest BCUT2D eigenvalue weighted by Gasteiger charge is 2.21. The first-order valence-electron chi connectivity index (χ1n) is 9.03. The van der Waals surface area contributed by atoms with Crippen LogP contribution in [0.3, 0.4) is 0 Å². The van der Waals surface area contributed by atoms with E-state index in [2.05, 4.69) is 15.3 Å². The van der Waals surface area contributed by atoms with Crippen LogP contribution >= 0.6 is 10.7 Å². The number of pyridine rings is 1. The number of nitrogens with one attached hydrogen (secondary N) is 1. The number of anilines is 2. The second-order valence-corrected chi connectivity index (χ2v) is 9.56. The molecule has 7 nitrogen and oxygen atoms in total. The molecule has 0 saturated heterocycles. The van der Waals surface area contributed by atoms with Crippen molar-refractivity contribution in [3.63, 3.8) is 0 Å². The molecule has 1 aliphatic carbocycles. The van der Waals surface area contributed by atoms with E-state index >= 15 is 0 Å². The Morgan fingerprint density at radius 3 is 2.61 bits per heavy atom. The lowest BCUT2D eigenvalue weighted by Gasteiger charge is -2.16. The number of aromatic nitrogens is 3. The van der Waals surface area contributed by atoms with Crippen molar-refractivity contribution in [3.8, 4) is 0 Å². The first-order chi connectivity index (χ1) is 13.3. The van der Waals surface area contributed by atoms with Crippen LogP contribution in [0.4, 0.5) is 11.6 Å². The van der Waals surface area contributed by atoms with Gasteiger partial charge in [-0.05, 0) is 49.6 Å². The molecule has 0 bridgehead atoms. The average Bonchev–Trinajstić information content (AvgIpc) is 3.16. The largest absolute Gasteiger partial charge is 0.324 e. The van der Waals surface area contributed by atoms with Crippen molar-refractivity contribution in [2.24, 2.45) is 0 Å². The maximum absolute atomic E-state index is 12.5. The molecule has 0 amide bonds.